The van der Waals surface area contributed by atoms with E-state index >= 15 is 0 Å². The molecule has 0 aromatic rings. The Hall–Kier alpha value is -2.12. The Morgan fingerprint density at radius 3 is 0.298 bits per heavy atom. The average Bonchev–Trinajstić information content (AvgIpc) is 0.888. The fourth-order valence-corrected chi connectivity index (χ4v) is 18.6. The summed E-state index contributed by atoms with van der Waals surface area (Å²) in [7, 11) is 0. The van der Waals surface area contributed by atoms with Gasteiger partial charge in [-0.1, -0.05) is 545 Å². The molecular formula is C108H212O12Sn. The van der Waals surface area contributed by atoms with E-state index < -0.39 is 24.6 Å². The van der Waals surface area contributed by atoms with Crippen molar-refractivity contribution in [2.45, 2.75) is 622 Å². The Balaban J connectivity index is -0.000000493. The first-order chi connectivity index (χ1) is 58.4. The third-order valence-corrected chi connectivity index (χ3v) is 26.7. The van der Waals surface area contributed by atoms with Crippen molar-refractivity contribution in [3.8, 4) is 0 Å². The molecule has 0 aliphatic carbocycles. The van der Waals surface area contributed by atoms with Crippen LogP contribution in [0.5, 0.6) is 0 Å². The van der Waals surface area contributed by atoms with Crippen LogP contribution in [0, 0.1) is 21.7 Å². The maximum Gasteiger partial charge on any atom is 4.00 e. The van der Waals surface area contributed by atoms with Crippen molar-refractivity contribution in [1.82, 2.24) is 0 Å². The third-order valence-electron chi connectivity index (χ3n) is 26.7. The van der Waals surface area contributed by atoms with Gasteiger partial charge in [0.25, 0.3) is 24.6 Å². The molecule has 0 radical (unpaired) electrons. The molecule has 0 amide bonds. The molecule has 0 saturated carbocycles. The summed E-state index contributed by atoms with van der Waals surface area (Å²) in [4.78, 5) is 44.2. The maximum absolute atomic E-state index is 11.1. The second-order valence-electron chi connectivity index (χ2n) is 38.4. The van der Waals surface area contributed by atoms with E-state index in [1.54, 1.807) is 0 Å². The Morgan fingerprint density at radius 2 is 0.223 bits per heavy atom. The number of carbonyl (C=O) groups excluding carboxylic acids is 4. The summed E-state index contributed by atoms with van der Waals surface area (Å²) >= 11 is 0. The topological polar surface area (TPSA) is 197 Å². The first-order valence-corrected chi connectivity index (χ1v) is 53.7. The predicted molar refractivity (Wildman–Crippen MR) is 517 cm³/mol. The van der Waals surface area contributed by atoms with Crippen LogP contribution < -0.4 is 20.4 Å². The molecule has 0 bridgehead atoms. The summed E-state index contributed by atoms with van der Waals surface area (Å²) in [6, 6.07) is 0. The van der Waals surface area contributed by atoms with Crippen LogP contribution in [0.25, 0.3) is 0 Å². The third kappa shape index (κ3) is 93.8. The molecule has 0 heterocycles. The standard InChI is InChI=1S/4C27H54O3.Sn/c4*1-4-7-10-13-16-19-22-27(25-30-26(28)29,23-20-17-14-11-8-5-2)24-21-18-15-12-9-6-3;/h4*4-25H2,1-3H3,(H,28,29);/q;;;;+4/p-4. The molecule has 0 aliphatic heterocycles. The van der Waals surface area contributed by atoms with Crippen LogP contribution in [-0.2, 0) is 18.9 Å². The van der Waals surface area contributed by atoms with Crippen molar-refractivity contribution < 1.29 is 58.6 Å². The van der Waals surface area contributed by atoms with Gasteiger partial charge >= 0.3 is 23.9 Å². The largest absolute Gasteiger partial charge is 4.00 e. The zero-order valence-electron chi connectivity index (χ0n) is 83.6. The van der Waals surface area contributed by atoms with Gasteiger partial charge in [0, 0.05) is 26.4 Å². The maximum atomic E-state index is 11.1. The molecule has 0 aliphatic rings. The fourth-order valence-electron chi connectivity index (χ4n) is 18.6. The molecule has 0 saturated heterocycles. The number of hydrogen-bond donors (Lipinski definition) is 0. The van der Waals surface area contributed by atoms with Crippen molar-refractivity contribution in [2.75, 3.05) is 26.4 Å². The van der Waals surface area contributed by atoms with E-state index in [2.05, 4.69) is 83.1 Å². The van der Waals surface area contributed by atoms with Gasteiger partial charge in [-0.15, -0.1) is 0 Å². The number of rotatable bonds is 92. The van der Waals surface area contributed by atoms with Gasteiger partial charge in [0.05, 0.1) is 0 Å². The molecule has 0 rings (SSSR count). The smallest absolute Gasteiger partial charge is 0.549 e. The van der Waals surface area contributed by atoms with Gasteiger partial charge in [0.1, 0.15) is 0 Å². The van der Waals surface area contributed by atoms with Crippen molar-refractivity contribution in [2.24, 2.45) is 21.7 Å². The monoisotopic (exact) mass is 1820 g/mol. The summed E-state index contributed by atoms with van der Waals surface area (Å²) in [5.74, 6) is 0. The van der Waals surface area contributed by atoms with Gasteiger partial charge < -0.3 is 58.6 Å². The summed E-state index contributed by atoms with van der Waals surface area (Å²) in [6.45, 7) is 28.4. The van der Waals surface area contributed by atoms with E-state index in [1.807, 2.05) is 0 Å². The van der Waals surface area contributed by atoms with Crippen LogP contribution in [0.4, 0.5) is 19.2 Å². The number of ether oxygens (including phenoxy) is 4. The average molecular weight is 1820 g/mol. The molecule has 0 aromatic carbocycles. The van der Waals surface area contributed by atoms with Crippen LogP contribution >= 0.6 is 0 Å². The Morgan fingerprint density at radius 1 is 0.149 bits per heavy atom. The van der Waals surface area contributed by atoms with E-state index in [0.717, 1.165) is 77.0 Å². The molecule has 13 heteroatoms. The molecule has 0 fully saturated rings. The predicted octanol–water partition coefficient (Wildman–Crippen LogP) is 34.0. The van der Waals surface area contributed by atoms with Crippen molar-refractivity contribution in [3.63, 3.8) is 0 Å². The summed E-state index contributed by atoms with van der Waals surface area (Å²) in [6.07, 6.45) is 100. The van der Waals surface area contributed by atoms with Crippen molar-refractivity contribution in [1.29, 1.82) is 0 Å². The molecule has 12 nitrogen and oxygen atoms in total. The van der Waals surface area contributed by atoms with Crippen molar-refractivity contribution in [3.05, 3.63) is 0 Å². The zero-order valence-corrected chi connectivity index (χ0v) is 86.5. The van der Waals surface area contributed by atoms with E-state index in [0.29, 0.717) is 26.4 Å². The molecule has 0 N–H and O–H groups in total. The van der Waals surface area contributed by atoms with E-state index in [1.165, 1.54) is 462 Å². The molecule has 0 atom stereocenters. The molecule has 121 heavy (non-hydrogen) atoms. The van der Waals surface area contributed by atoms with Crippen LogP contribution in [-0.4, -0.2) is 75.0 Å². The zero-order chi connectivity index (χ0) is 89.4. The number of unbranched alkanes of at least 4 members (excludes halogenated alkanes) is 60. The van der Waals surface area contributed by atoms with Crippen LogP contribution in [0.3, 0.4) is 0 Å². The summed E-state index contributed by atoms with van der Waals surface area (Å²) < 4.78 is 20.4. The molecule has 0 unspecified atom stereocenters. The van der Waals surface area contributed by atoms with Crippen LogP contribution in [0.1, 0.15) is 622 Å². The quantitative estimate of drug-likeness (QED) is 0.0242. The normalized spacial score (nSPS) is 11.6. The number of carbonyl (C=O) groups is 4. The van der Waals surface area contributed by atoms with Gasteiger partial charge in [-0.05, 0) is 98.7 Å². The van der Waals surface area contributed by atoms with Gasteiger partial charge in [-0.3, -0.25) is 0 Å². The Labute approximate surface area is 772 Å². The molecule has 720 valence electrons. The van der Waals surface area contributed by atoms with Gasteiger partial charge in [0.15, 0.2) is 0 Å². The Bertz CT molecular complexity index is 1590. The van der Waals surface area contributed by atoms with E-state index in [9.17, 15) is 39.6 Å². The fraction of sp³-hybridized carbons (Fsp3) is 0.963. The Kier molecular flexibility index (Phi) is 107. The van der Waals surface area contributed by atoms with Crippen molar-refractivity contribution >= 4 is 48.5 Å². The van der Waals surface area contributed by atoms with Gasteiger partial charge in [0.2, 0.25) is 0 Å². The minimum atomic E-state index is -1.35. The minimum absolute atomic E-state index is 0. The number of hydrogen-bond acceptors (Lipinski definition) is 12. The molecular weight excluding hydrogens is 1610 g/mol. The molecule has 0 aromatic heterocycles. The SMILES string of the molecule is CCCCCCCCC(CCCCCCCC)(CCCCCCCC)COC(=O)[O-].CCCCCCCCC(CCCCCCCC)(CCCCCCCC)COC(=O)[O-].CCCCCCCCC(CCCCCCCC)(CCCCCCCC)COC(=O)[O-].CCCCCCCCC(CCCCCCCC)(CCCCCCCC)COC(=O)[O-].[Sn+4]. The summed E-state index contributed by atoms with van der Waals surface area (Å²) in [5, 5.41) is 44.2. The first kappa shape index (κ1) is 127. The van der Waals surface area contributed by atoms with E-state index in [-0.39, 0.29) is 45.6 Å². The summed E-state index contributed by atoms with van der Waals surface area (Å²) in [5.41, 5.74) is 0.112. The first-order valence-electron chi connectivity index (χ1n) is 53.7. The van der Waals surface area contributed by atoms with Gasteiger partial charge in [-0.25, -0.2) is 0 Å². The second-order valence-corrected chi connectivity index (χ2v) is 38.4. The van der Waals surface area contributed by atoms with Gasteiger partial charge in [-0.2, -0.15) is 0 Å². The van der Waals surface area contributed by atoms with E-state index in [4.69, 9.17) is 18.9 Å². The molecule has 0 spiro atoms. The second kappa shape index (κ2) is 102. The van der Waals surface area contributed by atoms with Crippen LogP contribution in [0.15, 0.2) is 0 Å². The van der Waals surface area contributed by atoms with Crippen LogP contribution in [0.2, 0.25) is 0 Å². The number of carboxylic acid groups (broad SMARTS) is 4. The minimum Gasteiger partial charge on any atom is -0.549 e.